The van der Waals surface area contributed by atoms with Crippen LogP contribution in [-0.2, 0) is 12.8 Å². The number of thiazole rings is 1. The SMILES string of the molecule is CCc1nc(Cl)cc(Nc2ncc(C(=O)Nc3c(Cl)cccc3CC)s2)n1. The Kier molecular flexibility index (Phi) is 6.26. The van der Waals surface area contributed by atoms with Crippen LogP contribution in [0.15, 0.2) is 30.5 Å². The molecule has 9 heteroatoms. The zero-order chi connectivity index (χ0) is 19.4. The molecule has 27 heavy (non-hydrogen) atoms. The van der Waals surface area contributed by atoms with E-state index in [1.165, 1.54) is 17.5 Å². The van der Waals surface area contributed by atoms with E-state index in [0.717, 1.165) is 12.0 Å². The molecule has 0 saturated carbocycles. The summed E-state index contributed by atoms with van der Waals surface area (Å²) >= 11 is 13.4. The standard InChI is InChI=1S/C18H17Cl2N5OS/c1-3-10-6-5-7-11(19)16(10)25-17(26)12-9-21-18(27-12)24-15-8-13(20)22-14(4-2)23-15/h5-9H,3-4H2,1-2H3,(H,25,26)(H,21,22,23,24). The van der Waals surface area contributed by atoms with Crippen LogP contribution in [0.1, 0.15) is 34.9 Å². The molecule has 0 aliphatic rings. The number of para-hydroxylation sites is 1. The van der Waals surface area contributed by atoms with Crippen molar-refractivity contribution in [3.63, 3.8) is 0 Å². The fourth-order valence-electron chi connectivity index (χ4n) is 2.41. The maximum atomic E-state index is 12.6. The van der Waals surface area contributed by atoms with Gasteiger partial charge < -0.3 is 10.6 Å². The third-order valence-electron chi connectivity index (χ3n) is 3.74. The smallest absolute Gasteiger partial charge is 0.267 e. The Labute approximate surface area is 171 Å². The van der Waals surface area contributed by atoms with Crippen LogP contribution < -0.4 is 10.6 Å². The normalized spacial score (nSPS) is 10.7. The highest BCUT2D eigenvalue weighted by Crippen LogP contribution is 2.28. The van der Waals surface area contributed by atoms with Crippen LogP contribution in [0.5, 0.6) is 0 Å². The minimum Gasteiger partial charge on any atom is -0.320 e. The van der Waals surface area contributed by atoms with Gasteiger partial charge in [-0.1, -0.05) is 60.5 Å². The van der Waals surface area contributed by atoms with Crippen LogP contribution in [-0.4, -0.2) is 20.9 Å². The Morgan fingerprint density at radius 2 is 2.00 bits per heavy atom. The number of carbonyl (C=O) groups is 1. The van der Waals surface area contributed by atoms with E-state index in [-0.39, 0.29) is 5.91 Å². The van der Waals surface area contributed by atoms with Crippen molar-refractivity contribution >= 4 is 57.1 Å². The first-order chi connectivity index (χ1) is 13.0. The highest BCUT2D eigenvalue weighted by molar-refractivity contribution is 7.17. The highest BCUT2D eigenvalue weighted by Gasteiger charge is 2.15. The molecule has 0 bridgehead atoms. The summed E-state index contributed by atoms with van der Waals surface area (Å²) in [6.45, 7) is 3.95. The molecule has 0 atom stereocenters. The van der Waals surface area contributed by atoms with E-state index in [1.54, 1.807) is 12.1 Å². The lowest BCUT2D eigenvalue weighted by molar-refractivity contribution is 0.103. The second-order valence-electron chi connectivity index (χ2n) is 5.58. The van der Waals surface area contributed by atoms with Crippen LogP contribution in [0.3, 0.4) is 0 Å². The van der Waals surface area contributed by atoms with Crippen molar-refractivity contribution in [3.05, 3.63) is 56.9 Å². The predicted octanol–water partition coefficient (Wildman–Crippen LogP) is 5.36. The predicted molar refractivity (Wildman–Crippen MR) is 111 cm³/mol. The number of hydrogen-bond donors (Lipinski definition) is 2. The van der Waals surface area contributed by atoms with Gasteiger partial charge in [0.1, 0.15) is 21.7 Å². The zero-order valence-corrected chi connectivity index (χ0v) is 17.0. The molecule has 1 aromatic carbocycles. The fourth-order valence-corrected chi connectivity index (χ4v) is 3.57. The topological polar surface area (TPSA) is 79.8 Å². The lowest BCUT2D eigenvalue weighted by atomic mass is 10.1. The lowest BCUT2D eigenvalue weighted by Gasteiger charge is -2.10. The summed E-state index contributed by atoms with van der Waals surface area (Å²) in [5.41, 5.74) is 1.60. The maximum absolute atomic E-state index is 12.6. The summed E-state index contributed by atoms with van der Waals surface area (Å²) < 4.78 is 0. The molecule has 0 aliphatic carbocycles. The van der Waals surface area contributed by atoms with Crippen molar-refractivity contribution in [2.45, 2.75) is 26.7 Å². The molecule has 2 aromatic heterocycles. The van der Waals surface area contributed by atoms with E-state index < -0.39 is 0 Å². The van der Waals surface area contributed by atoms with Crippen molar-refractivity contribution in [2.24, 2.45) is 0 Å². The molecule has 140 valence electrons. The summed E-state index contributed by atoms with van der Waals surface area (Å²) in [5.74, 6) is 0.899. The van der Waals surface area contributed by atoms with Crippen LogP contribution >= 0.6 is 34.5 Å². The number of anilines is 3. The minimum absolute atomic E-state index is 0.265. The van der Waals surface area contributed by atoms with Gasteiger partial charge in [0.2, 0.25) is 0 Å². The van der Waals surface area contributed by atoms with Gasteiger partial charge in [-0.2, -0.15) is 0 Å². The van der Waals surface area contributed by atoms with E-state index in [1.807, 2.05) is 26.0 Å². The monoisotopic (exact) mass is 421 g/mol. The van der Waals surface area contributed by atoms with E-state index in [0.29, 0.717) is 43.9 Å². The molecule has 0 fully saturated rings. The number of nitrogens with one attached hydrogen (secondary N) is 2. The Morgan fingerprint density at radius 1 is 1.19 bits per heavy atom. The van der Waals surface area contributed by atoms with Gasteiger partial charge in [0.05, 0.1) is 16.9 Å². The summed E-state index contributed by atoms with van der Waals surface area (Å²) in [6, 6.07) is 7.16. The molecule has 0 spiro atoms. The third kappa shape index (κ3) is 4.74. The molecule has 0 radical (unpaired) electrons. The molecule has 0 aliphatic heterocycles. The van der Waals surface area contributed by atoms with Gasteiger partial charge >= 0.3 is 0 Å². The van der Waals surface area contributed by atoms with Crippen molar-refractivity contribution in [3.8, 4) is 0 Å². The minimum atomic E-state index is -0.265. The van der Waals surface area contributed by atoms with E-state index in [9.17, 15) is 4.79 Å². The number of halogens is 2. The number of benzene rings is 1. The van der Waals surface area contributed by atoms with Gasteiger partial charge in [0.15, 0.2) is 5.13 Å². The van der Waals surface area contributed by atoms with Crippen LogP contribution in [0.4, 0.5) is 16.6 Å². The van der Waals surface area contributed by atoms with Gasteiger partial charge in [-0.25, -0.2) is 15.0 Å². The van der Waals surface area contributed by atoms with Crippen LogP contribution in [0.2, 0.25) is 10.2 Å². The Bertz CT molecular complexity index is 976. The number of nitrogens with zero attached hydrogens (tertiary/aromatic N) is 3. The Balaban J connectivity index is 1.76. The van der Waals surface area contributed by atoms with E-state index in [2.05, 4.69) is 25.6 Å². The first-order valence-corrected chi connectivity index (χ1v) is 9.92. The molecule has 1 amide bonds. The zero-order valence-electron chi connectivity index (χ0n) is 14.7. The second-order valence-corrected chi connectivity index (χ2v) is 7.41. The number of aryl methyl sites for hydroxylation is 2. The Hall–Kier alpha value is -2.22. The van der Waals surface area contributed by atoms with Crippen molar-refractivity contribution in [1.82, 2.24) is 15.0 Å². The molecule has 3 rings (SSSR count). The van der Waals surface area contributed by atoms with E-state index in [4.69, 9.17) is 23.2 Å². The molecule has 6 nitrogen and oxygen atoms in total. The maximum Gasteiger partial charge on any atom is 0.267 e. The highest BCUT2D eigenvalue weighted by atomic mass is 35.5. The number of aromatic nitrogens is 3. The van der Waals surface area contributed by atoms with E-state index >= 15 is 0 Å². The number of amides is 1. The summed E-state index contributed by atoms with van der Waals surface area (Å²) in [4.78, 5) is 25.7. The largest absolute Gasteiger partial charge is 0.320 e. The van der Waals surface area contributed by atoms with Gasteiger partial charge in [0, 0.05) is 12.5 Å². The summed E-state index contributed by atoms with van der Waals surface area (Å²) in [5, 5.41) is 7.33. The molecular weight excluding hydrogens is 405 g/mol. The molecule has 0 unspecified atom stereocenters. The van der Waals surface area contributed by atoms with Crippen molar-refractivity contribution in [2.75, 3.05) is 10.6 Å². The summed E-state index contributed by atoms with van der Waals surface area (Å²) in [7, 11) is 0. The number of carbonyl (C=O) groups excluding carboxylic acids is 1. The first-order valence-electron chi connectivity index (χ1n) is 8.35. The molecule has 2 N–H and O–H groups in total. The first kappa shape index (κ1) is 19.5. The van der Waals surface area contributed by atoms with Gasteiger partial charge in [-0.05, 0) is 18.1 Å². The molecular formula is C18H17Cl2N5OS. The average Bonchev–Trinajstić information content (AvgIpc) is 3.11. The fraction of sp³-hybridized carbons (Fsp3) is 0.222. The van der Waals surface area contributed by atoms with Crippen LogP contribution in [0, 0.1) is 0 Å². The lowest BCUT2D eigenvalue weighted by Crippen LogP contribution is -2.12. The van der Waals surface area contributed by atoms with Crippen molar-refractivity contribution in [1.29, 1.82) is 0 Å². The van der Waals surface area contributed by atoms with Gasteiger partial charge in [-0.3, -0.25) is 4.79 Å². The summed E-state index contributed by atoms with van der Waals surface area (Å²) in [6.07, 6.45) is 2.94. The average molecular weight is 422 g/mol. The third-order valence-corrected chi connectivity index (χ3v) is 5.16. The molecule has 0 saturated heterocycles. The Morgan fingerprint density at radius 3 is 2.74 bits per heavy atom. The number of hydrogen-bond acceptors (Lipinski definition) is 6. The van der Waals surface area contributed by atoms with Gasteiger partial charge in [0.25, 0.3) is 5.91 Å². The van der Waals surface area contributed by atoms with Crippen LogP contribution in [0.25, 0.3) is 0 Å². The van der Waals surface area contributed by atoms with Gasteiger partial charge in [-0.15, -0.1) is 0 Å². The quantitative estimate of drug-likeness (QED) is 0.523. The second kappa shape index (κ2) is 8.65. The molecule has 3 aromatic rings. The van der Waals surface area contributed by atoms with Crippen molar-refractivity contribution < 1.29 is 4.79 Å². The molecule has 2 heterocycles. The number of rotatable bonds is 6.